The van der Waals surface area contributed by atoms with E-state index in [4.69, 9.17) is 18.9 Å². The first-order valence-electron chi connectivity index (χ1n) is 6.91. The van der Waals surface area contributed by atoms with Gasteiger partial charge in [-0.25, -0.2) is 4.79 Å². The van der Waals surface area contributed by atoms with Crippen molar-refractivity contribution in [3.63, 3.8) is 0 Å². The summed E-state index contributed by atoms with van der Waals surface area (Å²) in [7, 11) is 6.31. The minimum Gasteiger partial charge on any atom is -0.497 e. The summed E-state index contributed by atoms with van der Waals surface area (Å²) in [5.41, 5.74) is 0.598. The molecule has 0 saturated heterocycles. The lowest BCUT2D eigenvalue weighted by Gasteiger charge is -2.22. The Morgan fingerprint density at radius 1 is 0.955 bits per heavy atom. The van der Waals surface area contributed by atoms with Gasteiger partial charge < -0.3 is 29.2 Å². The van der Waals surface area contributed by atoms with E-state index in [9.17, 15) is 4.79 Å². The predicted octanol–water partition coefficient (Wildman–Crippen LogP) is 1.83. The Morgan fingerprint density at radius 2 is 1.45 bits per heavy atom. The van der Waals surface area contributed by atoms with Crippen LogP contribution in [0, 0.1) is 0 Å². The van der Waals surface area contributed by atoms with Gasteiger partial charge in [0.05, 0.1) is 27.4 Å². The lowest BCUT2D eigenvalue weighted by atomic mass is 10.3. The van der Waals surface area contributed by atoms with E-state index in [-0.39, 0.29) is 6.03 Å². The molecule has 0 unspecified atom stereocenters. The SMILES string of the molecule is COCCN(CCOC)C(=O)Nc1cc(OC)cc(OC)c1. The van der Waals surface area contributed by atoms with Crippen molar-refractivity contribution in [1.82, 2.24) is 4.90 Å². The molecule has 124 valence electrons. The first-order chi connectivity index (χ1) is 10.6. The summed E-state index contributed by atoms with van der Waals surface area (Å²) in [6, 6.07) is 4.96. The zero-order valence-electron chi connectivity index (χ0n) is 13.5. The number of methoxy groups -OCH3 is 4. The number of nitrogens with one attached hydrogen (secondary N) is 1. The van der Waals surface area contributed by atoms with Crippen LogP contribution in [0.1, 0.15) is 0 Å². The van der Waals surface area contributed by atoms with Crippen LogP contribution in [0.2, 0.25) is 0 Å². The molecule has 0 radical (unpaired) electrons. The van der Waals surface area contributed by atoms with Crippen LogP contribution in [0.25, 0.3) is 0 Å². The molecular weight excluding hydrogens is 288 g/mol. The number of amides is 2. The van der Waals surface area contributed by atoms with Crippen molar-refractivity contribution >= 4 is 11.7 Å². The zero-order chi connectivity index (χ0) is 16.4. The van der Waals surface area contributed by atoms with Crippen molar-refractivity contribution in [2.24, 2.45) is 0 Å². The molecule has 1 N–H and O–H groups in total. The molecule has 0 bridgehead atoms. The lowest BCUT2D eigenvalue weighted by molar-refractivity contribution is 0.127. The molecule has 1 aromatic carbocycles. The molecule has 0 spiro atoms. The number of benzene rings is 1. The minimum atomic E-state index is -0.232. The normalized spacial score (nSPS) is 10.2. The van der Waals surface area contributed by atoms with Gasteiger partial charge in [-0.15, -0.1) is 0 Å². The maximum atomic E-state index is 12.3. The van der Waals surface area contributed by atoms with E-state index in [0.717, 1.165) is 0 Å². The second-order valence-corrected chi connectivity index (χ2v) is 4.50. The summed E-state index contributed by atoms with van der Waals surface area (Å²) in [6.07, 6.45) is 0. The minimum absolute atomic E-state index is 0.232. The fraction of sp³-hybridized carbons (Fsp3) is 0.533. The van der Waals surface area contributed by atoms with Crippen molar-refractivity contribution in [2.75, 3.05) is 60.1 Å². The summed E-state index contributed by atoms with van der Waals surface area (Å²) >= 11 is 0. The van der Waals surface area contributed by atoms with Gasteiger partial charge >= 0.3 is 6.03 Å². The van der Waals surface area contributed by atoms with Crippen LogP contribution in [0.15, 0.2) is 18.2 Å². The largest absolute Gasteiger partial charge is 0.497 e. The molecule has 0 aliphatic rings. The Hall–Kier alpha value is -1.99. The molecule has 1 rings (SSSR count). The standard InChI is InChI=1S/C15H24N2O5/c1-19-7-5-17(6-8-20-2)15(18)16-12-9-13(21-3)11-14(10-12)22-4/h9-11H,5-8H2,1-4H3,(H,16,18). The van der Waals surface area contributed by atoms with Crippen molar-refractivity contribution in [3.05, 3.63) is 18.2 Å². The van der Waals surface area contributed by atoms with Gasteiger partial charge in [0, 0.05) is 51.2 Å². The van der Waals surface area contributed by atoms with Crippen molar-refractivity contribution in [1.29, 1.82) is 0 Å². The third-order valence-corrected chi connectivity index (χ3v) is 3.02. The van der Waals surface area contributed by atoms with E-state index < -0.39 is 0 Å². The third kappa shape index (κ3) is 5.79. The van der Waals surface area contributed by atoms with E-state index in [1.807, 2.05) is 0 Å². The molecule has 0 heterocycles. The van der Waals surface area contributed by atoms with E-state index in [1.54, 1.807) is 51.5 Å². The molecule has 0 saturated carbocycles. The topological polar surface area (TPSA) is 69.3 Å². The molecule has 0 atom stereocenters. The Morgan fingerprint density at radius 3 is 1.86 bits per heavy atom. The lowest BCUT2D eigenvalue weighted by Crippen LogP contribution is -2.39. The molecule has 7 nitrogen and oxygen atoms in total. The van der Waals surface area contributed by atoms with Crippen LogP contribution in [-0.4, -0.2) is 65.7 Å². The maximum Gasteiger partial charge on any atom is 0.322 e. The molecule has 7 heteroatoms. The van der Waals surface area contributed by atoms with Gasteiger partial charge in [-0.05, 0) is 0 Å². The molecule has 0 aliphatic carbocycles. The molecule has 0 aromatic heterocycles. The highest BCUT2D eigenvalue weighted by Crippen LogP contribution is 2.25. The Kier molecular flexibility index (Phi) is 8.09. The number of anilines is 1. The summed E-state index contributed by atoms with van der Waals surface area (Å²) in [6.45, 7) is 1.87. The number of hydrogen-bond donors (Lipinski definition) is 1. The molecule has 1 aromatic rings. The number of ether oxygens (including phenoxy) is 4. The zero-order valence-corrected chi connectivity index (χ0v) is 13.5. The van der Waals surface area contributed by atoms with Crippen molar-refractivity contribution < 1.29 is 23.7 Å². The quantitative estimate of drug-likeness (QED) is 0.753. The predicted molar refractivity (Wildman–Crippen MR) is 83.9 cm³/mol. The first-order valence-corrected chi connectivity index (χ1v) is 6.91. The van der Waals surface area contributed by atoms with Crippen LogP contribution >= 0.6 is 0 Å². The maximum absolute atomic E-state index is 12.3. The van der Waals surface area contributed by atoms with Crippen LogP contribution in [0.4, 0.5) is 10.5 Å². The van der Waals surface area contributed by atoms with Crippen molar-refractivity contribution in [2.45, 2.75) is 0 Å². The first kappa shape index (κ1) is 18.1. The van der Waals surface area contributed by atoms with Crippen LogP contribution in [-0.2, 0) is 9.47 Å². The second-order valence-electron chi connectivity index (χ2n) is 4.50. The number of carbonyl (C=O) groups excluding carboxylic acids is 1. The average molecular weight is 312 g/mol. The molecular formula is C15H24N2O5. The van der Waals surface area contributed by atoms with E-state index >= 15 is 0 Å². The number of urea groups is 1. The van der Waals surface area contributed by atoms with E-state index in [2.05, 4.69) is 5.32 Å². The van der Waals surface area contributed by atoms with Crippen LogP contribution < -0.4 is 14.8 Å². The smallest absolute Gasteiger partial charge is 0.322 e. The summed E-state index contributed by atoms with van der Waals surface area (Å²) in [4.78, 5) is 14.0. The van der Waals surface area contributed by atoms with E-state index in [0.29, 0.717) is 43.5 Å². The second kappa shape index (κ2) is 9.86. The summed E-state index contributed by atoms with van der Waals surface area (Å²) in [5.74, 6) is 1.21. The average Bonchev–Trinajstić information content (AvgIpc) is 2.54. The van der Waals surface area contributed by atoms with Gasteiger partial charge in [0.25, 0.3) is 0 Å². The van der Waals surface area contributed by atoms with Gasteiger partial charge in [0.15, 0.2) is 0 Å². The van der Waals surface area contributed by atoms with Gasteiger partial charge in [-0.3, -0.25) is 0 Å². The Labute approximate surface area is 131 Å². The monoisotopic (exact) mass is 312 g/mol. The number of carbonyl (C=O) groups is 1. The van der Waals surface area contributed by atoms with Crippen molar-refractivity contribution in [3.8, 4) is 11.5 Å². The highest BCUT2D eigenvalue weighted by Gasteiger charge is 2.14. The summed E-state index contributed by atoms with van der Waals surface area (Å²) in [5, 5.41) is 2.83. The molecule has 0 aliphatic heterocycles. The van der Waals surface area contributed by atoms with Gasteiger partial charge in [0.2, 0.25) is 0 Å². The molecule has 0 fully saturated rings. The van der Waals surface area contributed by atoms with Crippen LogP contribution in [0.5, 0.6) is 11.5 Å². The molecule has 2 amide bonds. The summed E-state index contributed by atoms with van der Waals surface area (Å²) < 4.78 is 20.4. The van der Waals surface area contributed by atoms with Crippen LogP contribution in [0.3, 0.4) is 0 Å². The van der Waals surface area contributed by atoms with Gasteiger partial charge in [-0.1, -0.05) is 0 Å². The van der Waals surface area contributed by atoms with Gasteiger partial charge in [0.1, 0.15) is 11.5 Å². The number of nitrogens with zero attached hydrogens (tertiary/aromatic N) is 1. The third-order valence-electron chi connectivity index (χ3n) is 3.02. The number of hydrogen-bond acceptors (Lipinski definition) is 5. The fourth-order valence-corrected chi connectivity index (χ4v) is 1.80. The Bertz CT molecular complexity index is 437. The fourth-order valence-electron chi connectivity index (χ4n) is 1.80. The highest BCUT2D eigenvalue weighted by molar-refractivity contribution is 5.89. The Balaban J connectivity index is 2.78. The number of rotatable bonds is 9. The highest BCUT2D eigenvalue weighted by atomic mass is 16.5. The van der Waals surface area contributed by atoms with Gasteiger partial charge in [-0.2, -0.15) is 0 Å². The molecule has 22 heavy (non-hydrogen) atoms. The van der Waals surface area contributed by atoms with E-state index in [1.165, 1.54) is 0 Å².